The largest absolute Gasteiger partial charge is 0.545 e. The lowest BCUT2D eigenvalue weighted by Crippen LogP contribution is -2.46. The molecule has 0 aromatic heterocycles. The molecule has 0 aromatic carbocycles. The van der Waals surface area contributed by atoms with Crippen LogP contribution in [0.4, 0.5) is 0 Å². The lowest BCUT2D eigenvalue weighted by molar-refractivity contribution is -0.299. The predicted octanol–water partition coefficient (Wildman–Crippen LogP) is -2.88. The molecule has 1 rings (SSSR count). The first-order chi connectivity index (χ1) is 5.52. The molecule has 0 aromatic rings. The minimum atomic E-state index is -1.35. The summed E-state index contributed by atoms with van der Waals surface area (Å²) in [6.45, 7) is 0. The number of aliphatic hydroxyl groups is 2. The second kappa shape index (κ2) is 3.22. The third-order valence-corrected chi connectivity index (χ3v) is 1.87. The van der Waals surface area contributed by atoms with Crippen LogP contribution in [0.25, 0.3) is 0 Å². The van der Waals surface area contributed by atoms with Crippen LogP contribution in [-0.2, 0) is 4.79 Å². The summed E-state index contributed by atoms with van der Waals surface area (Å²) in [6, 6.07) is -0.832. The number of aliphatic carboxylic acids is 1. The second-order valence-corrected chi connectivity index (χ2v) is 2.82. The quantitative estimate of drug-likeness (QED) is 0.393. The Morgan fingerprint density at radius 3 is 2.67 bits per heavy atom. The van der Waals surface area contributed by atoms with Crippen LogP contribution in [0.1, 0.15) is 6.42 Å². The highest BCUT2D eigenvalue weighted by atomic mass is 16.4. The van der Waals surface area contributed by atoms with Crippen molar-refractivity contribution in [1.82, 2.24) is 0 Å². The van der Waals surface area contributed by atoms with E-state index in [1.165, 1.54) is 6.08 Å². The number of aliphatic hydroxyl groups excluding tert-OH is 2. The minimum Gasteiger partial charge on any atom is -0.545 e. The fraction of sp³-hybridized carbons (Fsp3) is 0.571. The Bertz CT molecular complexity index is 225. The molecule has 1 aliphatic carbocycles. The number of carbonyl (C=O) groups is 1. The number of hydrogen-bond acceptors (Lipinski definition) is 5. The highest BCUT2D eigenvalue weighted by molar-refractivity contribution is 5.85. The van der Waals surface area contributed by atoms with Crippen molar-refractivity contribution in [3.05, 3.63) is 11.6 Å². The van der Waals surface area contributed by atoms with E-state index in [1.54, 1.807) is 0 Å². The Morgan fingerprint density at radius 2 is 2.25 bits per heavy atom. The van der Waals surface area contributed by atoms with Crippen molar-refractivity contribution in [1.29, 1.82) is 0 Å². The average molecular weight is 172 g/mol. The molecule has 0 aliphatic heterocycles. The van der Waals surface area contributed by atoms with Gasteiger partial charge in [-0.25, -0.2) is 0 Å². The van der Waals surface area contributed by atoms with Gasteiger partial charge in [0.15, 0.2) is 0 Å². The number of nitrogens with two attached hydrogens (primary N) is 1. The molecular formula is C7H10NO4-. The number of rotatable bonds is 1. The van der Waals surface area contributed by atoms with Gasteiger partial charge in [-0.05, 0) is 5.57 Å². The normalized spacial score (nSPS) is 35.9. The molecular weight excluding hydrogens is 162 g/mol. The summed E-state index contributed by atoms with van der Waals surface area (Å²) in [6.07, 6.45) is -1.12. The molecule has 4 N–H and O–H groups in total. The van der Waals surface area contributed by atoms with Gasteiger partial charge in [0, 0.05) is 6.42 Å². The van der Waals surface area contributed by atoms with Crippen LogP contribution in [0.5, 0.6) is 0 Å². The number of carbonyl (C=O) groups excluding carboxylic acids is 1. The summed E-state index contributed by atoms with van der Waals surface area (Å²) in [7, 11) is 0. The molecule has 0 bridgehead atoms. The predicted molar refractivity (Wildman–Crippen MR) is 37.7 cm³/mol. The molecule has 68 valence electrons. The van der Waals surface area contributed by atoms with Gasteiger partial charge < -0.3 is 25.8 Å². The fourth-order valence-corrected chi connectivity index (χ4v) is 1.15. The summed E-state index contributed by atoms with van der Waals surface area (Å²) in [4.78, 5) is 10.3. The monoisotopic (exact) mass is 172 g/mol. The molecule has 12 heavy (non-hydrogen) atoms. The van der Waals surface area contributed by atoms with E-state index >= 15 is 0 Å². The summed E-state index contributed by atoms with van der Waals surface area (Å²) in [5.41, 5.74) is 5.26. The smallest absolute Gasteiger partial charge is 0.0988 e. The van der Waals surface area contributed by atoms with Gasteiger partial charge in [-0.3, -0.25) is 0 Å². The van der Waals surface area contributed by atoms with E-state index < -0.39 is 24.2 Å². The first kappa shape index (κ1) is 9.18. The summed E-state index contributed by atoms with van der Waals surface area (Å²) >= 11 is 0. The van der Waals surface area contributed by atoms with Gasteiger partial charge in [0.2, 0.25) is 0 Å². The molecule has 0 saturated heterocycles. The zero-order chi connectivity index (χ0) is 9.30. The highest BCUT2D eigenvalue weighted by Crippen LogP contribution is 2.17. The topological polar surface area (TPSA) is 107 Å². The number of carboxylic acids is 1. The van der Waals surface area contributed by atoms with Crippen LogP contribution in [0, 0.1) is 0 Å². The van der Waals surface area contributed by atoms with E-state index in [0.29, 0.717) is 0 Å². The average Bonchev–Trinajstić information content (AvgIpc) is 1.99. The molecule has 3 atom stereocenters. The van der Waals surface area contributed by atoms with Crippen LogP contribution in [0.15, 0.2) is 11.6 Å². The van der Waals surface area contributed by atoms with E-state index in [4.69, 9.17) is 15.9 Å². The molecule has 0 heterocycles. The van der Waals surface area contributed by atoms with Gasteiger partial charge in [0.05, 0.1) is 24.2 Å². The Balaban J connectivity index is 2.81. The maximum Gasteiger partial charge on any atom is 0.0988 e. The Labute approximate surface area is 69.1 Å². The van der Waals surface area contributed by atoms with Crippen molar-refractivity contribution >= 4 is 5.97 Å². The number of hydrogen-bond donors (Lipinski definition) is 3. The Morgan fingerprint density at radius 1 is 1.67 bits per heavy atom. The van der Waals surface area contributed by atoms with E-state index in [0.717, 1.165) is 0 Å². The minimum absolute atomic E-state index is 0.0553. The van der Waals surface area contributed by atoms with Gasteiger partial charge in [-0.15, -0.1) is 0 Å². The van der Waals surface area contributed by atoms with Crippen LogP contribution in [0.3, 0.4) is 0 Å². The first-order valence-corrected chi connectivity index (χ1v) is 3.56. The molecule has 0 saturated carbocycles. The zero-order valence-electron chi connectivity index (χ0n) is 6.30. The van der Waals surface area contributed by atoms with Gasteiger partial charge in [-0.1, -0.05) is 6.08 Å². The first-order valence-electron chi connectivity index (χ1n) is 3.56. The van der Waals surface area contributed by atoms with Crippen LogP contribution < -0.4 is 10.8 Å². The van der Waals surface area contributed by atoms with E-state index in [-0.39, 0.29) is 12.0 Å². The van der Waals surface area contributed by atoms with Crippen molar-refractivity contribution in [3.8, 4) is 0 Å². The van der Waals surface area contributed by atoms with Crippen molar-refractivity contribution in [2.24, 2.45) is 5.73 Å². The van der Waals surface area contributed by atoms with E-state index in [2.05, 4.69) is 0 Å². The lowest BCUT2D eigenvalue weighted by atomic mass is 9.91. The third kappa shape index (κ3) is 1.63. The summed E-state index contributed by atoms with van der Waals surface area (Å²) < 4.78 is 0. The Hall–Kier alpha value is -0.910. The highest BCUT2D eigenvalue weighted by Gasteiger charge is 2.28. The SMILES string of the molecule is NC1C=C(C(=O)[O-])CC(O)C1O. The van der Waals surface area contributed by atoms with Gasteiger partial charge in [0.25, 0.3) is 0 Å². The van der Waals surface area contributed by atoms with Gasteiger partial charge >= 0.3 is 0 Å². The molecule has 5 nitrogen and oxygen atoms in total. The zero-order valence-corrected chi connectivity index (χ0v) is 6.30. The van der Waals surface area contributed by atoms with Gasteiger partial charge in [0.1, 0.15) is 0 Å². The lowest BCUT2D eigenvalue weighted by Gasteiger charge is -2.28. The Kier molecular flexibility index (Phi) is 2.46. The van der Waals surface area contributed by atoms with E-state index in [1.807, 2.05) is 0 Å². The maximum atomic E-state index is 10.3. The summed E-state index contributed by atoms with van der Waals surface area (Å²) in [5, 5.41) is 28.5. The van der Waals surface area contributed by atoms with Crippen LogP contribution in [0.2, 0.25) is 0 Å². The van der Waals surface area contributed by atoms with Crippen molar-refractivity contribution in [2.75, 3.05) is 0 Å². The molecule has 0 amide bonds. The molecule has 3 unspecified atom stereocenters. The van der Waals surface area contributed by atoms with Crippen molar-refractivity contribution < 1.29 is 20.1 Å². The van der Waals surface area contributed by atoms with Crippen LogP contribution in [-0.4, -0.2) is 34.4 Å². The molecule has 1 aliphatic rings. The fourth-order valence-electron chi connectivity index (χ4n) is 1.15. The van der Waals surface area contributed by atoms with E-state index in [9.17, 15) is 9.90 Å². The third-order valence-electron chi connectivity index (χ3n) is 1.87. The van der Waals surface area contributed by atoms with Gasteiger partial charge in [-0.2, -0.15) is 0 Å². The van der Waals surface area contributed by atoms with Crippen LogP contribution >= 0.6 is 0 Å². The van der Waals surface area contributed by atoms with Crippen molar-refractivity contribution in [2.45, 2.75) is 24.7 Å². The molecule has 0 fully saturated rings. The number of carboxylic acid groups (broad SMARTS) is 1. The second-order valence-electron chi connectivity index (χ2n) is 2.82. The maximum absolute atomic E-state index is 10.3. The van der Waals surface area contributed by atoms with Crippen molar-refractivity contribution in [3.63, 3.8) is 0 Å². The molecule has 0 radical (unpaired) electrons. The molecule has 0 spiro atoms. The standard InChI is InChI=1S/C7H11NO4/c8-4-1-3(7(11)12)2-5(9)6(4)10/h1,4-6,9-10H,2,8H2,(H,11,12)/p-1. The summed E-state index contributed by atoms with van der Waals surface area (Å²) in [5.74, 6) is -1.35. The molecule has 5 heteroatoms.